The van der Waals surface area contributed by atoms with Crippen LogP contribution in [-0.2, 0) is 0 Å². The molecule has 0 saturated heterocycles. The van der Waals surface area contributed by atoms with Crippen molar-refractivity contribution in [2.24, 2.45) is 0 Å². The van der Waals surface area contributed by atoms with Gasteiger partial charge < -0.3 is 4.74 Å². The Balaban J connectivity index is 2.50. The van der Waals surface area contributed by atoms with Gasteiger partial charge >= 0.3 is 0 Å². The van der Waals surface area contributed by atoms with Gasteiger partial charge in [0.2, 0.25) is 0 Å². The van der Waals surface area contributed by atoms with Crippen molar-refractivity contribution in [3.05, 3.63) is 41.2 Å². The van der Waals surface area contributed by atoms with E-state index in [4.69, 9.17) is 16.3 Å². The fourth-order valence-electron chi connectivity index (χ4n) is 0.906. The van der Waals surface area contributed by atoms with Gasteiger partial charge in [0.05, 0.1) is 0 Å². The summed E-state index contributed by atoms with van der Waals surface area (Å²) >= 11 is 4.99. The Morgan fingerprint density at radius 2 is 2.38 bits per heavy atom. The van der Waals surface area contributed by atoms with E-state index in [0.29, 0.717) is 5.75 Å². The van der Waals surface area contributed by atoms with E-state index < -0.39 is 5.29 Å². The molecule has 0 aliphatic heterocycles. The first kappa shape index (κ1) is 10.1. The molecule has 0 atom stereocenters. The molecule has 0 heterocycles. The Morgan fingerprint density at radius 1 is 1.62 bits per heavy atom. The van der Waals surface area contributed by atoms with Gasteiger partial charge in [0.1, 0.15) is 12.4 Å². The molecule has 1 rings (SSSR count). The average molecular weight is 201 g/mol. The molecule has 0 saturated carbocycles. The lowest BCUT2D eigenvalue weighted by atomic mass is 10.2. The van der Waals surface area contributed by atoms with Gasteiger partial charge in [-0.15, -0.1) is 0 Å². The fourth-order valence-corrected chi connectivity index (χ4v) is 0.969. The fraction of sp³-hybridized carbons (Fsp3) is 0.200. The lowest BCUT2D eigenvalue weighted by Crippen LogP contribution is -1.93. The molecule has 1 aromatic carbocycles. The second kappa shape index (κ2) is 4.87. The molecule has 0 bridgehead atoms. The van der Waals surface area contributed by atoms with Crippen LogP contribution in [0.2, 0.25) is 0 Å². The van der Waals surface area contributed by atoms with Crippen LogP contribution < -0.4 is 4.74 Å². The third-order valence-electron chi connectivity index (χ3n) is 1.48. The molecule has 0 fully saturated rings. The molecule has 1 aromatic rings. The molecule has 0 aromatic heterocycles. The van der Waals surface area contributed by atoms with Gasteiger partial charge in [-0.1, -0.05) is 23.7 Å². The van der Waals surface area contributed by atoms with Crippen LogP contribution in [0.1, 0.15) is 5.56 Å². The Kier molecular flexibility index (Phi) is 3.77. The van der Waals surface area contributed by atoms with Crippen LogP contribution in [0.4, 0.5) is 4.39 Å². The van der Waals surface area contributed by atoms with Crippen molar-refractivity contribution in [2.45, 2.75) is 6.92 Å². The summed E-state index contributed by atoms with van der Waals surface area (Å²) in [7, 11) is 0. The molecular weight excluding hydrogens is 191 g/mol. The van der Waals surface area contributed by atoms with Crippen LogP contribution in [0.5, 0.6) is 5.75 Å². The molecule has 70 valence electrons. The lowest BCUT2D eigenvalue weighted by Gasteiger charge is -2.02. The van der Waals surface area contributed by atoms with Crippen molar-refractivity contribution in [1.29, 1.82) is 0 Å². The van der Waals surface area contributed by atoms with Gasteiger partial charge in [0.15, 0.2) is 5.29 Å². The van der Waals surface area contributed by atoms with Crippen LogP contribution in [0, 0.1) is 6.92 Å². The van der Waals surface area contributed by atoms with Gasteiger partial charge in [0, 0.05) is 6.08 Å². The minimum Gasteiger partial charge on any atom is -0.489 e. The molecule has 0 aliphatic rings. The third kappa shape index (κ3) is 3.95. The number of rotatable bonds is 3. The maximum absolute atomic E-state index is 12.0. The monoisotopic (exact) mass is 200 g/mol. The first-order valence-electron chi connectivity index (χ1n) is 3.89. The van der Waals surface area contributed by atoms with Gasteiger partial charge in [-0.2, -0.15) is 4.39 Å². The number of hydrogen-bond donors (Lipinski definition) is 0. The quantitative estimate of drug-likeness (QED) is 0.727. The van der Waals surface area contributed by atoms with Crippen molar-refractivity contribution < 1.29 is 9.13 Å². The van der Waals surface area contributed by atoms with E-state index in [2.05, 4.69) is 0 Å². The first-order valence-corrected chi connectivity index (χ1v) is 4.27. The molecule has 0 N–H and O–H groups in total. The highest BCUT2D eigenvalue weighted by atomic mass is 35.5. The van der Waals surface area contributed by atoms with E-state index in [-0.39, 0.29) is 6.61 Å². The van der Waals surface area contributed by atoms with Crippen LogP contribution in [0.25, 0.3) is 0 Å². The minimum atomic E-state index is -0.743. The normalized spacial score (nSPS) is 11.5. The van der Waals surface area contributed by atoms with Crippen molar-refractivity contribution in [3.8, 4) is 5.75 Å². The summed E-state index contributed by atoms with van der Waals surface area (Å²) in [5.41, 5.74) is 1.10. The second-order valence-electron chi connectivity index (χ2n) is 2.62. The summed E-state index contributed by atoms with van der Waals surface area (Å²) < 4.78 is 17.2. The zero-order valence-corrected chi connectivity index (χ0v) is 8.01. The highest BCUT2D eigenvalue weighted by Gasteiger charge is 1.92. The highest BCUT2D eigenvalue weighted by Crippen LogP contribution is 2.12. The minimum absolute atomic E-state index is 0.152. The smallest absolute Gasteiger partial charge is 0.188 e. The van der Waals surface area contributed by atoms with Gasteiger partial charge in [0.25, 0.3) is 0 Å². The van der Waals surface area contributed by atoms with Crippen molar-refractivity contribution in [2.75, 3.05) is 6.61 Å². The van der Waals surface area contributed by atoms with Gasteiger partial charge in [-0.3, -0.25) is 0 Å². The summed E-state index contributed by atoms with van der Waals surface area (Å²) in [5, 5.41) is -0.743. The highest BCUT2D eigenvalue weighted by molar-refractivity contribution is 6.28. The van der Waals surface area contributed by atoms with E-state index >= 15 is 0 Å². The SMILES string of the molecule is Cc1cccc(OCC=C(F)Cl)c1. The molecule has 0 unspecified atom stereocenters. The Hall–Kier alpha value is -1.02. The van der Waals surface area contributed by atoms with E-state index in [0.717, 1.165) is 5.56 Å². The number of hydrogen-bond acceptors (Lipinski definition) is 1. The molecule has 13 heavy (non-hydrogen) atoms. The van der Waals surface area contributed by atoms with E-state index in [1.807, 2.05) is 31.2 Å². The van der Waals surface area contributed by atoms with Gasteiger partial charge in [-0.25, -0.2) is 0 Å². The summed E-state index contributed by atoms with van der Waals surface area (Å²) in [6.07, 6.45) is 1.17. The Morgan fingerprint density at radius 3 is 3.00 bits per heavy atom. The van der Waals surface area contributed by atoms with E-state index in [1.165, 1.54) is 6.08 Å². The van der Waals surface area contributed by atoms with E-state index in [9.17, 15) is 4.39 Å². The molecule has 0 aliphatic carbocycles. The summed E-state index contributed by atoms with van der Waals surface area (Å²) in [4.78, 5) is 0. The maximum Gasteiger partial charge on any atom is 0.188 e. The molecule has 0 spiro atoms. The molecule has 0 radical (unpaired) electrons. The second-order valence-corrected chi connectivity index (χ2v) is 2.98. The molecule has 3 heteroatoms. The number of aryl methyl sites for hydroxylation is 1. The van der Waals surface area contributed by atoms with Crippen LogP contribution in [0.15, 0.2) is 35.6 Å². The predicted octanol–water partition coefficient (Wildman–Crippen LogP) is 3.42. The zero-order valence-electron chi connectivity index (χ0n) is 7.26. The number of halogens is 2. The zero-order chi connectivity index (χ0) is 9.68. The van der Waals surface area contributed by atoms with Gasteiger partial charge in [-0.05, 0) is 24.6 Å². The molecule has 1 nitrogen and oxygen atoms in total. The average Bonchev–Trinajstić information content (AvgIpc) is 2.03. The number of benzene rings is 1. The molecule has 0 amide bonds. The summed E-state index contributed by atoms with van der Waals surface area (Å²) in [5.74, 6) is 0.717. The van der Waals surface area contributed by atoms with Crippen molar-refractivity contribution in [3.63, 3.8) is 0 Å². The number of ether oxygens (including phenoxy) is 1. The third-order valence-corrected chi connectivity index (χ3v) is 1.63. The topological polar surface area (TPSA) is 9.23 Å². The van der Waals surface area contributed by atoms with Crippen LogP contribution >= 0.6 is 11.6 Å². The standard InChI is InChI=1S/C10H10ClFO/c1-8-3-2-4-9(7-8)13-6-5-10(11)12/h2-5,7H,6H2,1H3. The van der Waals surface area contributed by atoms with E-state index in [1.54, 1.807) is 0 Å². The Labute approximate surface area is 81.8 Å². The lowest BCUT2D eigenvalue weighted by molar-refractivity contribution is 0.360. The first-order chi connectivity index (χ1) is 6.18. The van der Waals surface area contributed by atoms with Crippen molar-refractivity contribution >= 4 is 11.6 Å². The summed E-state index contributed by atoms with van der Waals surface area (Å²) in [6.45, 7) is 2.11. The Bertz CT molecular complexity index is 306. The predicted molar refractivity (Wildman–Crippen MR) is 51.7 cm³/mol. The molecular formula is C10H10ClFO. The van der Waals surface area contributed by atoms with Crippen molar-refractivity contribution in [1.82, 2.24) is 0 Å². The van der Waals surface area contributed by atoms with Crippen LogP contribution in [-0.4, -0.2) is 6.61 Å². The van der Waals surface area contributed by atoms with Crippen LogP contribution in [0.3, 0.4) is 0 Å². The summed E-state index contributed by atoms with van der Waals surface area (Å²) in [6, 6.07) is 7.53. The maximum atomic E-state index is 12.0. The largest absolute Gasteiger partial charge is 0.489 e.